The molecule has 266 valence electrons. The van der Waals surface area contributed by atoms with E-state index < -0.39 is 47.2 Å². The molecule has 0 aromatic rings. The summed E-state index contributed by atoms with van der Waals surface area (Å²) >= 11 is 0. The summed E-state index contributed by atoms with van der Waals surface area (Å²) in [6.45, 7) is 17.9. The van der Waals surface area contributed by atoms with Gasteiger partial charge in [-0.1, -0.05) is 20.8 Å². The number of hydrogen-bond acceptors (Lipinski definition) is 10. The fourth-order valence-electron chi connectivity index (χ4n) is 4.13. The summed E-state index contributed by atoms with van der Waals surface area (Å²) in [5.74, 6) is -2.22. The normalized spacial score (nSPS) is 15.1. The molecule has 0 heterocycles. The van der Waals surface area contributed by atoms with Crippen molar-refractivity contribution in [3.8, 4) is 0 Å². The number of carbonyl (C=O) groups is 6. The monoisotopic (exact) mass is 657 g/mol. The minimum absolute atomic E-state index is 0.102. The van der Waals surface area contributed by atoms with Crippen LogP contribution in [-0.2, 0) is 33.4 Å². The highest BCUT2D eigenvalue weighted by atomic mass is 16.5. The van der Waals surface area contributed by atoms with E-state index in [0.29, 0.717) is 25.9 Å². The molecule has 0 spiro atoms. The average molecular weight is 658 g/mol. The molecule has 3 amide bonds. The molecule has 0 aliphatic carbocycles. The van der Waals surface area contributed by atoms with Gasteiger partial charge in [0, 0.05) is 38.1 Å². The molecule has 3 atom stereocenters. The summed E-state index contributed by atoms with van der Waals surface area (Å²) in [5.41, 5.74) is -3.34. The Bertz CT molecular complexity index is 1040. The van der Waals surface area contributed by atoms with E-state index in [4.69, 9.17) is 14.6 Å². The van der Waals surface area contributed by atoms with Crippen LogP contribution in [0, 0.1) is 0 Å². The zero-order valence-corrected chi connectivity index (χ0v) is 29.6. The fraction of sp³-hybridized carbons (Fsp3) is 0.812. The van der Waals surface area contributed by atoms with E-state index in [1.807, 2.05) is 41.5 Å². The highest BCUT2D eigenvalue weighted by Crippen LogP contribution is 2.18. The number of Topliss-reactive ketones (excluding diaryl/α,β-unsaturated/α-hetero) is 2. The number of hydrogen-bond donors (Lipinski definition) is 6. The van der Waals surface area contributed by atoms with Gasteiger partial charge < -0.3 is 30.5 Å². The highest BCUT2D eigenvalue weighted by Gasteiger charge is 2.39. The summed E-state index contributed by atoms with van der Waals surface area (Å²) in [4.78, 5) is 74.8. The second-order valence-corrected chi connectivity index (χ2v) is 13.5. The predicted octanol–water partition coefficient (Wildman–Crippen LogP) is 2.23. The lowest BCUT2D eigenvalue weighted by atomic mass is 9.88. The molecule has 0 bridgehead atoms. The largest absolute Gasteiger partial charge is 0.481 e. The minimum atomic E-state index is -1.26. The fourth-order valence-corrected chi connectivity index (χ4v) is 4.13. The van der Waals surface area contributed by atoms with Crippen molar-refractivity contribution in [2.45, 2.75) is 136 Å². The van der Waals surface area contributed by atoms with Gasteiger partial charge in [0.15, 0.2) is 11.6 Å². The summed E-state index contributed by atoms with van der Waals surface area (Å²) < 4.78 is 11.1. The topological polar surface area (TPSA) is 201 Å². The minimum Gasteiger partial charge on any atom is -0.481 e. The van der Waals surface area contributed by atoms with Gasteiger partial charge in [0.2, 0.25) is 11.8 Å². The maximum Gasteiger partial charge on any atom is 0.407 e. The number of rotatable bonds is 23. The van der Waals surface area contributed by atoms with Crippen molar-refractivity contribution in [1.29, 1.82) is 0 Å². The van der Waals surface area contributed by atoms with Crippen LogP contribution >= 0.6 is 0 Å². The molecule has 46 heavy (non-hydrogen) atoms. The summed E-state index contributed by atoms with van der Waals surface area (Å²) in [5, 5.41) is 22.9. The first-order chi connectivity index (χ1) is 21.1. The number of carboxylic acids is 1. The molecule has 0 fully saturated rings. The molecule has 0 radical (unpaired) electrons. The van der Waals surface area contributed by atoms with Crippen molar-refractivity contribution in [3.05, 3.63) is 0 Å². The number of carboxylic acid groups (broad SMARTS) is 1. The van der Waals surface area contributed by atoms with Crippen LogP contribution in [-0.4, -0.2) is 102 Å². The van der Waals surface area contributed by atoms with Crippen molar-refractivity contribution in [1.82, 2.24) is 26.6 Å². The smallest absolute Gasteiger partial charge is 0.407 e. The van der Waals surface area contributed by atoms with E-state index in [1.54, 1.807) is 27.7 Å². The average Bonchev–Trinajstić information content (AvgIpc) is 2.95. The van der Waals surface area contributed by atoms with Gasteiger partial charge in [0.05, 0.1) is 29.6 Å². The van der Waals surface area contributed by atoms with Crippen LogP contribution in [0.25, 0.3) is 0 Å². The van der Waals surface area contributed by atoms with E-state index in [0.717, 1.165) is 0 Å². The van der Waals surface area contributed by atoms with Crippen molar-refractivity contribution >= 4 is 35.4 Å². The molecule has 14 heteroatoms. The van der Waals surface area contributed by atoms with Crippen molar-refractivity contribution in [2.75, 3.05) is 32.8 Å². The first-order valence-corrected chi connectivity index (χ1v) is 16.1. The van der Waals surface area contributed by atoms with E-state index >= 15 is 0 Å². The Morgan fingerprint density at radius 1 is 0.783 bits per heavy atom. The van der Waals surface area contributed by atoms with E-state index in [2.05, 4.69) is 26.6 Å². The Morgan fingerprint density at radius 3 is 1.89 bits per heavy atom. The van der Waals surface area contributed by atoms with Gasteiger partial charge in [-0.25, -0.2) is 4.79 Å². The Labute approximate surface area is 274 Å². The molecular weight excluding hydrogens is 598 g/mol. The quantitative estimate of drug-likeness (QED) is 0.0941. The molecule has 0 saturated heterocycles. The summed E-state index contributed by atoms with van der Waals surface area (Å²) in [6, 6.07) is -1.15. The maximum atomic E-state index is 13.6. The molecular formula is C32H59N5O9. The zero-order chi connectivity index (χ0) is 35.8. The van der Waals surface area contributed by atoms with Crippen molar-refractivity contribution < 1.29 is 43.3 Å². The molecule has 0 saturated carbocycles. The van der Waals surface area contributed by atoms with Crippen LogP contribution in [0.4, 0.5) is 4.79 Å². The standard InChI is InChI=1S/C32H59N5O9/c1-11-25(40)33-17-14-23(38)31(9,12-2)35-20-24(39)32(10,13-3)36-22(21-45-28(44)34-18-15-26(41)42)27(43)37-30(7,8)16-19-46-29(4,5)6/h22,35-36H,11-21H2,1-10H3,(H,33,40)(H,34,44)(H,37,43)(H,41,42). The molecule has 14 nitrogen and oxygen atoms in total. The zero-order valence-electron chi connectivity index (χ0n) is 29.6. The van der Waals surface area contributed by atoms with Crippen LogP contribution in [0.5, 0.6) is 0 Å². The summed E-state index contributed by atoms with van der Waals surface area (Å²) in [7, 11) is 0. The Morgan fingerprint density at radius 2 is 1.37 bits per heavy atom. The highest BCUT2D eigenvalue weighted by molar-refractivity contribution is 5.93. The van der Waals surface area contributed by atoms with Gasteiger partial charge in [-0.2, -0.15) is 0 Å². The number of carbonyl (C=O) groups excluding carboxylic acids is 5. The number of alkyl carbamates (subject to hydrolysis) is 1. The Kier molecular flexibility index (Phi) is 18.2. The van der Waals surface area contributed by atoms with Crippen molar-refractivity contribution in [3.63, 3.8) is 0 Å². The number of ether oxygens (including phenoxy) is 2. The summed E-state index contributed by atoms with van der Waals surface area (Å²) in [6.07, 6.45) is 0.370. The molecule has 0 aliphatic heterocycles. The first kappa shape index (κ1) is 42.9. The van der Waals surface area contributed by atoms with Crippen molar-refractivity contribution in [2.24, 2.45) is 0 Å². The van der Waals surface area contributed by atoms with Gasteiger partial charge in [-0.15, -0.1) is 0 Å². The molecule has 0 rings (SSSR count). The number of ketones is 2. The van der Waals surface area contributed by atoms with Crippen LogP contribution in [0.3, 0.4) is 0 Å². The second kappa shape index (κ2) is 19.5. The van der Waals surface area contributed by atoms with Crippen LogP contribution in [0.1, 0.15) is 108 Å². The van der Waals surface area contributed by atoms with Crippen LogP contribution < -0.4 is 26.6 Å². The Balaban J connectivity index is 5.76. The van der Waals surface area contributed by atoms with Gasteiger partial charge in [-0.05, 0) is 67.7 Å². The SMILES string of the molecule is CCC(=O)NCCC(=O)C(C)(CC)NCC(=O)C(C)(CC)NC(COC(=O)NCCC(=O)O)C(=O)NC(C)(C)CCOC(C)(C)C. The second-order valence-electron chi connectivity index (χ2n) is 13.5. The lowest BCUT2D eigenvalue weighted by Gasteiger charge is -2.36. The van der Waals surface area contributed by atoms with Gasteiger partial charge in [0.25, 0.3) is 0 Å². The lowest BCUT2D eigenvalue weighted by molar-refractivity contribution is -0.137. The number of amides is 3. The Hall–Kier alpha value is -3.10. The first-order valence-electron chi connectivity index (χ1n) is 16.1. The lowest BCUT2D eigenvalue weighted by Crippen LogP contribution is -2.63. The third-order valence-electron chi connectivity index (χ3n) is 7.80. The molecule has 0 aliphatic rings. The van der Waals surface area contributed by atoms with E-state index in [1.165, 1.54) is 0 Å². The number of aliphatic carboxylic acids is 1. The molecule has 0 aromatic heterocycles. The van der Waals surface area contributed by atoms with Gasteiger partial charge >= 0.3 is 12.1 Å². The van der Waals surface area contributed by atoms with E-state index in [9.17, 15) is 28.8 Å². The molecule has 0 aromatic carbocycles. The molecule has 6 N–H and O–H groups in total. The van der Waals surface area contributed by atoms with Gasteiger partial charge in [0.1, 0.15) is 12.6 Å². The van der Waals surface area contributed by atoms with Crippen LogP contribution in [0.2, 0.25) is 0 Å². The van der Waals surface area contributed by atoms with Crippen LogP contribution in [0.15, 0.2) is 0 Å². The third kappa shape index (κ3) is 17.0. The van der Waals surface area contributed by atoms with E-state index in [-0.39, 0.29) is 62.0 Å². The predicted molar refractivity (Wildman–Crippen MR) is 174 cm³/mol. The maximum absolute atomic E-state index is 13.6. The molecule has 3 unspecified atom stereocenters. The number of nitrogens with one attached hydrogen (secondary N) is 5. The van der Waals surface area contributed by atoms with Gasteiger partial charge in [-0.3, -0.25) is 34.6 Å². The third-order valence-corrected chi connectivity index (χ3v) is 7.80.